The van der Waals surface area contributed by atoms with Crippen LogP contribution in [0.25, 0.3) is 0 Å². The van der Waals surface area contributed by atoms with Crippen LogP contribution in [0, 0.1) is 5.92 Å². The van der Waals surface area contributed by atoms with Crippen molar-refractivity contribution in [1.82, 2.24) is 10.7 Å². The summed E-state index contributed by atoms with van der Waals surface area (Å²) in [7, 11) is 1.60. The Balaban J connectivity index is 0.00000110. The number of nitrogens with one attached hydrogen (secondary N) is 2. The standard InChI is InChI=1S/C16H28N4O4.C2HF3O2/c1-5-6-16(3,24-4)14(20-10(2)21)12-7-11(15(22)23)8-13(12)18-9-19-17;3-2(4,5)1(6)7/h7,9,12-14H,5-6,8,17H2,1-4H3,(H,18,19)(H,20,21)(H,22,23);(H,6,7). The quantitative estimate of drug-likeness (QED) is 0.150. The third kappa shape index (κ3) is 8.92. The molecule has 0 aliphatic heterocycles. The average Bonchev–Trinajstić information content (AvgIpc) is 3.08. The Hall–Kier alpha value is -2.67. The fourth-order valence-electron chi connectivity index (χ4n) is 3.30. The van der Waals surface area contributed by atoms with E-state index in [1.165, 1.54) is 13.3 Å². The lowest BCUT2D eigenvalue weighted by Crippen LogP contribution is -2.56. The molecule has 0 aromatic heterocycles. The van der Waals surface area contributed by atoms with Crippen LogP contribution in [0.15, 0.2) is 16.6 Å². The van der Waals surface area contributed by atoms with Gasteiger partial charge in [-0.1, -0.05) is 19.4 Å². The van der Waals surface area contributed by atoms with Crippen molar-refractivity contribution in [1.29, 1.82) is 0 Å². The predicted octanol–water partition coefficient (Wildman–Crippen LogP) is 1.22. The number of nitrogens with zero attached hydrogens (tertiary/aromatic N) is 1. The second-order valence-electron chi connectivity index (χ2n) is 7.04. The molecular weight excluding hydrogens is 425 g/mol. The number of aliphatic imine (C=N–C) groups is 1. The summed E-state index contributed by atoms with van der Waals surface area (Å²) in [6.45, 7) is 5.39. The Morgan fingerprint density at radius 1 is 1.39 bits per heavy atom. The fourth-order valence-corrected chi connectivity index (χ4v) is 3.30. The lowest BCUT2D eigenvalue weighted by Gasteiger charge is -2.41. The van der Waals surface area contributed by atoms with E-state index >= 15 is 0 Å². The minimum Gasteiger partial charge on any atom is -0.478 e. The molecule has 0 aromatic rings. The molecule has 13 heteroatoms. The molecule has 0 saturated heterocycles. The molecule has 0 aromatic carbocycles. The molecule has 6 N–H and O–H groups in total. The third-order valence-corrected chi connectivity index (χ3v) is 4.74. The van der Waals surface area contributed by atoms with Crippen molar-refractivity contribution >= 4 is 24.2 Å². The summed E-state index contributed by atoms with van der Waals surface area (Å²) in [6, 6.07) is -0.743. The first-order valence-electron chi connectivity index (χ1n) is 9.27. The van der Waals surface area contributed by atoms with E-state index in [0.29, 0.717) is 6.42 Å². The van der Waals surface area contributed by atoms with Gasteiger partial charge in [-0.15, -0.1) is 0 Å². The minimum atomic E-state index is -5.08. The molecule has 1 aliphatic rings. The maximum atomic E-state index is 11.7. The molecule has 178 valence electrons. The van der Waals surface area contributed by atoms with Gasteiger partial charge < -0.3 is 25.7 Å². The second kappa shape index (κ2) is 12.2. The van der Waals surface area contributed by atoms with E-state index in [1.807, 2.05) is 13.8 Å². The second-order valence-corrected chi connectivity index (χ2v) is 7.04. The van der Waals surface area contributed by atoms with Gasteiger partial charge in [0.1, 0.15) is 0 Å². The average molecular weight is 454 g/mol. The summed E-state index contributed by atoms with van der Waals surface area (Å²) in [5.74, 6) is 0.999. The summed E-state index contributed by atoms with van der Waals surface area (Å²) in [6.07, 6.45) is -0.215. The summed E-state index contributed by atoms with van der Waals surface area (Å²) in [5.41, 5.74) is 1.98. The van der Waals surface area contributed by atoms with Crippen LogP contribution in [-0.2, 0) is 19.1 Å². The molecule has 10 nitrogen and oxygen atoms in total. The van der Waals surface area contributed by atoms with Crippen LogP contribution in [0.3, 0.4) is 0 Å². The lowest BCUT2D eigenvalue weighted by atomic mass is 9.80. The van der Waals surface area contributed by atoms with E-state index in [9.17, 15) is 27.9 Å². The number of ether oxygens (including phenoxy) is 1. The van der Waals surface area contributed by atoms with Crippen LogP contribution in [0.1, 0.15) is 40.0 Å². The highest BCUT2D eigenvalue weighted by Crippen LogP contribution is 2.36. The number of carbonyl (C=O) groups is 3. The number of carboxylic acid groups (broad SMARTS) is 2. The van der Waals surface area contributed by atoms with Gasteiger partial charge in [0.2, 0.25) is 5.91 Å². The predicted molar refractivity (Wildman–Crippen MR) is 105 cm³/mol. The number of carbonyl (C=O) groups excluding carboxylic acids is 1. The number of rotatable bonds is 9. The smallest absolute Gasteiger partial charge is 0.478 e. The first kappa shape index (κ1) is 28.3. The molecule has 0 bridgehead atoms. The number of nitrogens with two attached hydrogens (primary N) is 1. The SMILES string of the molecule is CCCC(C)(OC)C(NC(C)=O)C1C=C(C(=O)O)CC1N=CNN.O=C(O)C(F)(F)F. The Bertz CT molecular complexity index is 698. The lowest BCUT2D eigenvalue weighted by molar-refractivity contribution is -0.192. The maximum absolute atomic E-state index is 11.7. The van der Waals surface area contributed by atoms with Gasteiger partial charge in [0.15, 0.2) is 0 Å². The highest BCUT2D eigenvalue weighted by molar-refractivity contribution is 5.87. The van der Waals surface area contributed by atoms with Crippen LogP contribution >= 0.6 is 0 Å². The molecule has 1 aliphatic carbocycles. The summed E-state index contributed by atoms with van der Waals surface area (Å²) >= 11 is 0. The Labute approximate surface area is 177 Å². The maximum Gasteiger partial charge on any atom is 0.490 e. The molecular formula is C18H29F3N4O6. The molecule has 0 saturated carbocycles. The van der Waals surface area contributed by atoms with Crippen molar-refractivity contribution in [2.45, 2.75) is 63.9 Å². The number of carboxylic acids is 2. The van der Waals surface area contributed by atoms with Crippen molar-refractivity contribution in [2.75, 3.05) is 7.11 Å². The molecule has 4 atom stereocenters. The first-order valence-corrected chi connectivity index (χ1v) is 9.27. The van der Waals surface area contributed by atoms with E-state index in [4.69, 9.17) is 20.5 Å². The zero-order valence-corrected chi connectivity index (χ0v) is 17.7. The Morgan fingerprint density at radius 3 is 2.29 bits per heavy atom. The van der Waals surface area contributed by atoms with E-state index in [-0.39, 0.29) is 29.9 Å². The van der Waals surface area contributed by atoms with Crippen LogP contribution in [-0.4, -0.2) is 65.4 Å². The van der Waals surface area contributed by atoms with E-state index in [2.05, 4.69) is 15.7 Å². The first-order chi connectivity index (χ1) is 14.2. The van der Waals surface area contributed by atoms with Crippen LogP contribution in [0.5, 0.6) is 0 Å². The van der Waals surface area contributed by atoms with Crippen molar-refractivity contribution in [3.63, 3.8) is 0 Å². The summed E-state index contributed by atoms with van der Waals surface area (Å²) < 4.78 is 37.5. The molecule has 0 fully saturated rings. The molecule has 0 heterocycles. The number of hydrogen-bond donors (Lipinski definition) is 5. The highest BCUT2D eigenvalue weighted by atomic mass is 19.4. The van der Waals surface area contributed by atoms with E-state index < -0.39 is 29.8 Å². The zero-order valence-electron chi connectivity index (χ0n) is 17.7. The Morgan fingerprint density at radius 2 is 1.94 bits per heavy atom. The molecule has 1 rings (SSSR count). The number of amides is 1. The number of alkyl halides is 3. The van der Waals surface area contributed by atoms with Gasteiger partial charge in [-0.25, -0.2) is 15.4 Å². The largest absolute Gasteiger partial charge is 0.490 e. The van der Waals surface area contributed by atoms with Crippen LogP contribution in [0.4, 0.5) is 13.2 Å². The van der Waals surface area contributed by atoms with Gasteiger partial charge in [-0.05, 0) is 13.3 Å². The van der Waals surface area contributed by atoms with Crippen molar-refractivity contribution in [2.24, 2.45) is 16.8 Å². The fraction of sp³-hybridized carbons (Fsp3) is 0.667. The van der Waals surface area contributed by atoms with Crippen molar-refractivity contribution in [3.8, 4) is 0 Å². The van der Waals surface area contributed by atoms with Gasteiger partial charge in [-0.3, -0.25) is 9.79 Å². The Kier molecular flexibility index (Phi) is 11.2. The van der Waals surface area contributed by atoms with Crippen molar-refractivity contribution < 1.29 is 42.5 Å². The van der Waals surface area contributed by atoms with E-state index in [1.54, 1.807) is 13.2 Å². The minimum absolute atomic E-state index is 0.198. The number of halogens is 3. The van der Waals surface area contributed by atoms with Gasteiger partial charge in [0.25, 0.3) is 0 Å². The topological polar surface area (TPSA) is 163 Å². The summed E-state index contributed by atoms with van der Waals surface area (Å²) in [5, 5.41) is 19.4. The normalized spacial score (nSPS) is 21.4. The van der Waals surface area contributed by atoms with Crippen LogP contribution < -0.4 is 16.6 Å². The highest BCUT2D eigenvalue weighted by Gasteiger charge is 2.45. The van der Waals surface area contributed by atoms with Gasteiger partial charge in [-0.2, -0.15) is 13.2 Å². The number of hydrogen-bond acceptors (Lipinski definition) is 6. The number of methoxy groups -OCH3 is 1. The number of hydrazine groups is 1. The van der Waals surface area contributed by atoms with E-state index in [0.717, 1.165) is 6.42 Å². The third-order valence-electron chi connectivity index (χ3n) is 4.74. The van der Waals surface area contributed by atoms with Crippen LogP contribution in [0.2, 0.25) is 0 Å². The van der Waals surface area contributed by atoms with Gasteiger partial charge in [0.05, 0.1) is 24.0 Å². The van der Waals surface area contributed by atoms with Gasteiger partial charge in [0, 0.05) is 31.9 Å². The number of aliphatic carboxylic acids is 2. The van der Waals surface area contributed by atoms with Gasteiger partial charge >= 0.3 is 18.1 Å². The molecule has 0 radical (unpaired) electrons. The molecule has 4 unspecified atom stereocenters. The monoisotopic (exact) mass is 454 g/mol. The molecule has 31 heavy (non-hydrogen) atoms. The molecule has 0 spiro atoms. The molecule has 1 amide bonds. The summed E-state index contributed by atoms with van der Waals surface area (Å²) in [4.78, 5) is 36.3. The zero-order chi connectivity index (χ0) is 24.4. The van der Waals surface area contributed by atoms with Crippen molar-refractivity contribution in [3.05, 3.63) is 11.6 Å².